The van der Waals surface area contributed by atoms with E-state index < -0.39 is 23.6 Å². The Morgan fingerprint density at radius 3 is 2.43 bits per heavy atom. The minimum atomic E-state index is -4.52. The number of carbonyl (C=O) groups excluding carboxylic acids is 2. The summed E-state index contributed by atoms with van der Waals surface area (Å²) in [6.45, 7) is 0. The van der Waals surface area contributed by atoms with Gasteiger partial charge in [0.15, 0.2) is 5.57 Å². The Morgan fingerprint density at radius 1 is 1.11 bits per heavy atom. The van der Waals surface area contributed by atoms with Crippen molar-refractivity contribution in [3.8, 4) is 6.07 Å². The Bertz CT molecular complexity index is 963. The highest BCUT2D eigenvalue weighted by molar-refractivity contribution is 6.04. The van der Waals surface area contributed by atoms with Crippen molar-refractivity contribution in [1.82, 2.24) is 0 Å². The summed E-state index contributed by atoms with van der Waals surface area (Å²) in [5, 5.41) is 14.0. The van der Waals surface area contributed by atoms with Crippen molar-refractivity contribution in [3.05, 3.63) is 71.4 Å². The Morgan fingerprint density at radius 2 is 1.79 bits per heavy atom. The number of halogens is 3. The fourth-order valence-corrected chi connectivity index (χ4v) is 2.13. The molecule has 0 atom stereocenters. The fourth-order valence-electron chi connectivity index (χ4n) is 2.13. The minimum Gasteiger partial charge on any atom is -0.465 e. The SMILES string of the molecule is COC(=O)/C(C#N)=C\Nc1cccc(C(=O)Nc2cccc(C(F)(F)F)c2)c1. The van der Waals surface area contributed by atoms with Crippen LogP contribution in [0, 0.1) is 11.3 Å². The van der Waals surface area contributed by atoms with Crippen molar-refractivity contribution in [2.45, 2.75) is 6.18 Å². The lowest BCUT2D eigenvalue weighted by Crippen LogP contribution is -2.13. The molecule has 28 heavy (non-hydrogen) atoms. The molecule has 0 aliphatic rings. The van der Waals surface area contributed by atoms with Gasteiger partial charge < -0.3 is 15.4 Å². The number of hydrogen-bond donors (Lipinski definition) is 2. The lowest BCUT2D eigenvalue weighted by molar-refractivity contribution is -0.137. The molecule has 6 nitrogen and oxygen atoms in total. The molecule has 2 rings (SSSR count). The molecule has 0 heterocycles. The van der Waals surface area contributed by atoms with Crippen LogP contribution >= 0.6 is 0 Å². The number of carbonyl (C=O) groups is 2. The first-order valence-electron chi connectivity index (χ1n) is 7.78. The molecule has 0 aliphatic carbocycles. The first kappa shape index (κ1) is 20.5. The van der Waals surface area contributed by atoms with E-state index in [2.05, 4.69) is 15.4 Å². The second-order valence-electron chi connectivity index (χ2n) is 5.42. The third-order valence-electron chi connectivity index (χ3n) is 3.48. The third kappa shape index (κ3) is 5.35. The Kier molecular flexibility index (Phi) is 6.39. The summed E-state index contributed by atoms with van der Waals surface area (Å²) >= 11 is 0. The number of nitriles is 1. The van der Waals surface area contributed by atoms with E-state index in [-0.39, 0.29) is 16.8 Å². The average Bonchev–Trinajstić information content (AvgIpc) is 2.68. The zero-order valence-electron chi connectivity index (χ0n) is 14.5. The zero-order valence-corrected chi connectivity index (χ0v) is 14.5. The summed E-state index contributed by atoms with van der Waals surface area (Å²) in [7, 11) is 1.13. The van der Waals surface area contributed by atoms with Gasteiger partial charge in [-0.2, -0.15) is 18.4 Å². The van der Waals surface area contributed by atoms with Gasteiger partial charge in [-0.25, -0.2) is 4.79 Å². The topological polar surface area (TPSA) is 91.2 Å². The Balaban J connectivity index is 2.16. The number of hydrogen-bond acceptors (Lipinski definition) is 5. The molecule has 0 unspecified atom stereocenters. The standard InChI is InChI=1S/C19H14F3N3O3/c1-28-18(27)13(10-23)11-24-15-6-2-4-12(8-15)17(26)25-16-7-3-5-14(9-16)19(20,21)22/h2-9,11,24H,1H3,(H,25,26)/b13-11-. The van der Waals surface area contributed by atoms with E-state index in [1.807, 2.05) is 0 Å². The maximum Gasteiger partial charge on any atom is 0.416 e. The van der Waals surface area contributed by atoms with E-state index in [9.17, 15) is 22.8 Å². The molecule has 0 aromatic heterocycles. The van der Waals surface area contributed by atoms with E-state index in [1.165, 1.54) is 30.3 Å². The molecule has 0 fully saturated rings. The summed E-state index contributed by atoms with van der Waals surface area (Å²) in [4.78, 5) is 23.7. The molecule has 0 aliphatic heterocycles. The highest BCUT2D eigenvalue weighted by Gasteiger charge is 2.30. The monoisotopic (exact) mass is 389 g/mol. The van der Waals surface area contributed by atoms with E-state index in [0.717, 1.165) is 25.4 Å². The van der Waals surface area contributed by atoms with Crippen LogP contribution < -0.4 is 10.6 Å². The lowest BCUT2D eigenvalue weighted by atomic mass is 10.1. The van der Waals surface area contributed by atoms with Crippen LogP contribution in [0.25, 0.3) is 0 Å². The quantitative estimate of drug-likeness (QED) is 0.459. The number of benzene rings is 2. The van der Waals surface area contributed by atoms with Crippen molar-refractivity contribution >= 4 is 23.3 Å². The summed E-state index contributed by atoms with van der Waals surface area (Å²) < 4.78 is 42.7. The molecule has 2 aromatic carbocycles. The van der Waals surface area contributed by atoms with Crippen LogP contribution in [0.1, 0.15) is 15.9 Å². The van der Waals surface area contributed by atoms with Gasteiger partial charge in [0.2, 0.25) is 0 Å². The van der Waals surface area contributed by atoms with Crippen molar-refractivity contribution in [2.75, 3.05) is 17.7 Å². The van der Waals surface area contributed by atoms with Crippen LogP contribution in [0.2, 0.25) is 0 Å². The predicted molar refractivity (Wildman–Crippen MR) is 95.2 cm³/mol. The summed E-state index contributed by atoms with van der Waals surface area (Å²) in [6.07, 6.45) is -3.40. The van der Waals surface area contributed by atoms with Crippen molar-refractivity contribution in [3.63, 3.8) is 0 Å². The molecule has 0 radical (unpaired) electrons. The fraction of sp³-hybridized carbons (Fsp3) is 0.105. The zero-order chi connectivity index (χ0) is 20.7. The number of esters is 1. The number of rotatable bonds is 5. The van der Waals surface area contributed by atoms with Crippen molar-refractivity contribution in [2.24, 2.45) is 0 Å². The van der Waals surface area contributed by atoms with Gasteiger partial charge in [0, 0.05) is 23.1 Å². The van der Waals surface area contributed by atoms with Gasteiger partial charge in [0.1, 0.15) is 6.07 Å². The van der Waals surface area contributed by atoms with Crippen LogP contribution in [0.5, 0.6) is 0 Å². The van der Waals surface area contributed by atoms with E-state index >= 15 is 0 Å². The Hall–Kier alpha value is -3.80. The van der Waals surface area contributed by atoms with Gasteiger partial charge in [-0.3, -0.25) is 4.79 Å². The van der Waals surface area contributed by atoms with E-state index in [0.29, 0.717) is 5.69 Å². The molecule has 0 saturated carbocycles. The van der Waals surface area contributed by atoms with Crippen LogP contribution in [-0.2, 0) is 15.7 Å². The largest absolute Gasteiger partial charge is 0.465 e. The minimum absolute atomic E-state index is 0.00413. The molecule has 9 heteroatoms. The number of nitrogens with zero attached hydrogens (tertiary/aromatic N) is 1. The van der Waals surface area contributed by atoms with Crippen LogP contribution in [0.4, 0.5) is 24.5 Å². The second-order valence-corrected chi connectivity index (χ2v) is 5.42. The summed E-state index contributed by atoms with van der Waals surface area (Å²) in [5.41, 5.74) is -0.615. The summed E-state index contributed by atoms with van der Waals surface area (Å²) in [5.74, 6) is -1.45. The molecule has 2 aromatic rings. The first-order chi connectivity index (χ1) is 13.2. The molecule has 144 valence electrons. The normalized spacial score (nSPS) is 11.3. The molecular formula is C19H14F3N3O3. The van der Waals surface area contributed by atoms with Crippen molar-refractivity contribution in [1.29, 1.82) is 5.26 Å². The Labute approximate surface area is 158 Å². The molecule has 0 spiro atoms. The van der Waals surface area contributed by atoms with Gasteiger partial charge in [0.25, 0.3) is 5.91 Å². The van der Waals surface area contributed by atoms with Gasteiger partial charge >= 0.3 is 12.1 Å². The number of amides is 1. The highest BCUT2D eigenvalue weighted by atomic mass is 19.4. The number of ether oxygens (including phenoxy) is 1. The van der Waals surface area contributed by atoms with E-state index in [4.69, 9.17) is 5.26 Å². The van der Waals surface area contributed by atoms with Gasteiger partial charge in [-0.1, -0.05) is 12.1 Å². The average molecular weight is 389 g/mol. The number of nitrogens with one attached hydrogen (secondary N) is 2. The van der Waals surface area contributed by atoms with E-state index in [1.54, 1.807) is 12.1 Å². The van der Waals surface area contributed by atoms with Crippen LogP contribution in [-0.4, -0.2) is 19.0 Å². The third-order valence-corrected chi connectivity index (χ3v) is 3.48. The molecule has 0 bridgehead atoms. The van der Waals surface area contributed by atoms with Crippen LogP contribution in [0.3, 0.4) is 0 Å². The lowest BCUT2D eigenvalue weighted by Gasteiger charge is -2.10. The highest BCUT2D eigenvalue weighted by Crippen LogP contribution is 2.30. The van der Waals surface area contributed by atoms with Crippen LogP contribution in [0.15, 0.2) is 60.3 Å². The number of alkyl halides is 3. The number of methoxy groups -OCH3 is 1. The van der Waals surface area contributed by atoms with Gasteiger partial charge in [-0.05, 0) is 36.4 Å². The molecule has 2 N–H and O–H groups in total. The second kappa shape index (κ2) is 8.73. The maximum atomic E-state index is 12.8. The summed E-state index contributed by atoms with van der Waals surface area (Å²) in [6, 6.07) is 11.9. The smallest absolute Gasteiger partial charge is 0.416 e. The van der Waals surface area contributed by atoms with Crippen molar-refractivity contribution < 1.29 is 27.5 Å². The molecule has 0 saturated heterocycles. The molecule has 1 amide bonds. The maximum absolute atomic E-state index is 12.8. The predicted octanol–water partition coefficient (Wildman–Crippen LogP) is 3.95. The van der Waals surface area contributed by atoms with Gasteiger partial charge in [0.05, 0.1) is 12.7 Å². The van der Waals surface area contributed by atoms with Gasteiger partial charge in [-0.15, -0.1) is 0 Å². The first-order valence-corrected chi connectivity index (χ1v) is 7.78. The molecular weight excluding hydrogens is 375 g/mol. The number of anilines is 2.